The second-order valence-electron chi connectivity index (χ2n) is 4.68. The first-order chi connectivity index (χ1) is 10.0. The van der Waals surface area contributed by atoms with E-state index in [0.29, 0.717) is 11.4 Å². The van der Waals surface area contributed by atoms with Crippen LogP contribution in [-0.4, -0.2) is 6.04 Å². The number of rotatable bonds is 5. The zero-order valence-electron chi connectivity index (χ0n) is 11.5. The van der Waals surface area contributed by atoms with Crippen LogP contribution in [0.3, 0.4) is 0 Å². The monoisotopic (exact) mass is 327 g/mol. The Labute approximate surface area is 133 Å². The quantitative estimate of drug-likeness (QED) is 0.839. The summed E-state index contributed by atoms with van der Waals surface area (Å²) in [6, 6.07) is 11.5. The molecule has 0 radical (unpaired) electrons. The average molecular weight is 328 g/mol. The Morgan fingerprint density at radius 3 is 2.43 bits per heavy atom. The summed E-state index contributed by atoms with van der Waals surface area (Å²) in [6.45, 7) is 1.94. The van der Waals surface area contributed by atoms with Gasteiger partial charge < -0.3 is 10.5 Å². The topological polar surface area (TPSA) is 35.2 Å². The number of ether oxygens (including phenoxy) is 1. The van der Waals surface area contributed by atoms with Crippen LogP contribution in [0.25, 0.3) is 0 Å². The van der Waals surface area contributed by atoms with Crippen LogP contribution in [0.1, 0.15) is 25.0 Å². The van der Waals surface area contributed by atoms with Gasteiger partial charge in [-0.05, 0) is 24.6 Å². The molecule has 0 saturated carbocycles. The second-order valence-corrected chi connectivity index (χ2v) is 5.50. The van der Waals surface area contributed by atoms with Crippen molar-refractivity contribution in [1.82, 2.24) is 0 Å². The summed E-state index contributed by atoms with van der Waals surface area (Å²) in [6.07, 6.45) is 0.120. The molecule has 2 unspecified atom stereocenters. The summed E-state index contributed by atoms with van der Waals surface area (Å²) in [4.78, 5) is 0. The largest absolute Gasteiger partial charge is 0.481 e. The zero-order valence-corrected chi connectivity index (χ0v) is 13.0. The van der Waals surface area contributed by atoms with E-state index in [1.165, 1.54) is 12.1 Å². The smallest absolute Gasteiger partial charge is 0.183 e. The summed E-state index contributed by atoms with van der Waals surface area (Å²) in [5.41, 5.74) is 6.84. The molecular weight excluding hydrogens is 312 g/mol. The fourth-order valence-electron chi connectivity index (χ4n) is 2.01. The third-order valence-electron chi connectivity index (χ3n) is 3.24. The summed E-state index contributed by atoms with van der Waals surface area (Å²) in [5.74, 6) is -0.532. The molecule has 0 bridgehead atoms. The van der Waals surface area contributed by atoms with Crippen molar-refractivity contribution >= 4 is 23.2 Å². The van der Waals surface area contributed by atoms with Crippen molar-refractivity contribution in [2.75, 3.05) is 0 Å². The van der Waals surface area contributed by atoms with Crippen molar-refractivity contribution in [2.24, 2.45) is 5.73 Å². The third-order valence-corrected chi connectivity index (χ3v) is 3.88. The Hall–Kier alpha value is -1.29. The third kappa shape index (κ3) is 3.67. The summed E-state index contributed by atoms with van der Waals surface area (Å²) in [5, 5.41) is 0.546. The van der Waals surface area contributed by atoms with E-state index in [4.69, 9.17) is 33.7 Å². The van der Waals surface area contributed by atoms with Gasteiger partial charge in [0.25, 0.3) is 0 Å². The SMILES string of the molecule is CCC(N)C(Oc1cccc(Cl)c1F)c1ccccc1Cl. The Balaban J connectivity index is 2.38. The highest BCUT2D eigenvalue weighted by Crippen LogP contribution is 2.33. The van der Waals surface area contributed by atoms with E-state index in [2.05, 4.69) is 0 Å². The standard InChI is InChI=1S/C16H16Cl2FNO/c1-2-13(20)16(10-6-3-4-7-11(10)17)21-14-9-5-8-12(18)15(14)19/h3-9,13,16H,2,20H2,1H3. The van der Waals surface area contributed by atoms with Crippen molar-refractivity contribution in [3.63, 3.8) is 0 Å². The highest BCUT2D eigenvalue weighted by Gasteiger charge is 2.24. The highest BCUT2D eigenvalue weighted by molar-refractivity contribution is 6.31. The van der Waals surface area contributed by atoms with E-state index in [1.807, 2.05) is 25.1 Å². The van der Waals surface area contributed by atoms with Crippen LogP contribution in [0, 0.1) is 5.82 Å². The maximum absolute atomic E-state index is 14.0. The number of halogens is 3. The highest BCUT2D eigenvalue weighted by atomic mass is 35.5. The van der Waals surface area contributed by atoms with E-state index in [-0.39, 0.29) is 16.8 Å². The van der Waals surface area contributed by atoms with E-state index >= 15 is 0 Å². The van der Waals surface area contributed by atoms with E-state index in [9.17, 15) is 4.39 Å². The zero-order chi connectivity index (χ0) is 15.4. The lowest BCUT2D eigenvalue weighted by molar-refractivity contribution is 0.164. The molecule has 21 heavy (non-hydrogen) atoms. The second kappa shape index (κ2) is 7.12. The molecule has 0 spiro atoms. The van der Waals surface area contributed by atoms with Gasteiger partial charge in [-0.1, -0.05) is 54.4 Å². The number of benzene rings is 2. The van der Waals surface area contributed by atoms with Crippen LogP contribution >= 0.6 is 23.2 Å². The molecule has 2 atom stereocenters. The minimum absolute atomic E-state index is 0.00970. The van der Waals surface area contributed by atoms with Gasteiger partial charge in [0.15, 0.2) is 11.6 Å². The molecule has 5 heteroatoms. The minimum atomic E-state index is -0.598. The Kier molecular flexibility index (Phi) is 5.45. The van der Waals surface area contributed by atoms with Gasteiger partial charge in [-0.25, -0.2) is 4.39 Å². The van der Waals surface area contributed by atoms with Gasteiger partial charge in [0, 0.05) is 16.6 Å². The van der Waals surface area contributed by atoms with Gasteiger partial charge in [-0.2, -0.15) is 0 Å². The van der Waals surface area contributed by atoms with E-state index in [1.54, 1.807) is 12.1 Å². The maximum Gasteiger partial charge on any atom is 0.183 e. The normalized spacial score (nSPS) is 13.8. The summed E-state index contributed by atoms with van der Waals surface area (Å²) < 4.78 is 19.8. The van der Waals surface area contributed by atoms with Crippen LogP contribution in [0.4, 0.5) is 4.39 Å². The van der Waals surface area contributed by atoms with Crippen molar-refractivity contribution in [1.29, 1.82) is 0 Å². The summed E-state index contributed by atoms with van der Waals surface area (Å²) >= 11 is 12.0. The molecule has 0 amide bonds. The fraction of sp³-hybridized carbons (Fsp3) is 0.250. The Morgan fingerprint density at radius 2 is 1.76 bits per heavy atom. The first-order valence-corrected chi connectivity index (χ1v) is 7.40. The maximum atomic E-state index is 14.0. The lowest BCUT2D eigenvalue weighted by Crippen LogP contribution is -2.31. The molecule has 2 rings (SSSR count). The van der Waals surface area contributed by atoms with Gasteiger partial charge in [0.05, 0.1) is 5.02 Å². The van der Waals surface area contributed by atoms with E-state index < -0.39 is 11.9 Å². The van der Waals surface area contributed by atoms with Crippen LogP contribution in [0.15, 0.2) is 42.5 Å². The molecule has 0 heterocycles. The predicted octanol–water partition coefficient (Wildman–Crippen LogP) is 4.99. The van der Waals surface area contributed by atoms with Gasteiger partial charge in [0.1, 0.15) is 6.10 Å². The molecular formula is C16H16Cl2FNO. The van der Waals surface area contributed by atoms with Crippen molar-refractivity contribution < 1.29 is 9.13 Å². The van der Waals surface area contributed by atoms with Crippen LogP contribution < -0.4 is 10.5 Å². The molecule has 0 aliphatic rings. The molecule has 2 aromatic rings. The Morgan fingerprint density at radius 1 is 1.10 bits per heavy atom. The molecule has 0 aromatic heterocycles. The molecule has 0 saturated heterocycles. The first kappa shape index (κ1) is 16.1. The first-order valence-electron chi connectivity index (χ1n) is 6.65. The molecule has 0 fully saturated rings. The molecule has 112 valence electrons. The molecule has 2 nitrogen and oxygen atoms in total. The number of nitrogens with two attached hydrogens (primary N) is 1. The van der Waals surface area contributed by atoms with Crippen LogP contribution in [0.2, 0.25) is 10.0 Å². The Bertz CT molecular complexity index is 621. The lowest BCUT2D eigenvalue weighted by Gasteiger charge is -2.25. The predicted molar refractivity (Wildman–Crippen MR) is 84.5 cm³/mol. The minimum Gasteiger partial charge on any atom is -0.481 e. The van der Waals surface area contributed by atoms with Gasteiger partial charge >= 0.3 is 0 Å². The molecule has 0 aliphatic carbocycles. The molecule has 0 aliphatic heterocycles. The van der Waals surface area contributed by atoms with Crippen molar-refractivity contribution in [3.8, 4) is 5.75 Å². The number of hydrogen-bond acceptors (Lipinski definition) is 2. The van der Waals surface area contributed by atoms with Crippen molar-refractivity contribution in [3.05, 3.63) is 63.9 Å². The van der Waals surface area contributed by atoms with Crippen LogP contribution in [0.5, 0.6) is 5.75 Å². The van der Waals surface area contributed by atoms with Gasteiger partial charge in [-0.15, -0.1) is 0 Å². The number of hydrogen-bond donors (Lipinski definition) is 1. The van der Waals surface area contributed by atoms with Gasteiger partial charge in [-0.3, -0.25) is 0 Å². The van der Waals surface area contributed by atoms with Gasteiger partial charge in [0.2, 0.25) is 0 Å². The van der Waals surface area contributed by atoms with E-state index in [0.717, 1.165) is 5.56 Å². The van der Waals surface area contributed by atoms with Crippen molar-refractivity contribution in [2.45, 2.75) is 25.5 Å². The molecule has 2 aromatic carbocycles. The summed E-state index contributed by atoms with van der Waals surface area (Å²) in [7, 11) is 0. The fourth-order valence-corrected chi connectivity index (χ4v) is 2.42. The molecule has 2 N–H and O–H groups in total. The average Bonchev–Trinajstić information content (AvgIpc) is 2.49. The lowest BCUT2D eigenvalue weighted by atomic mass is 10.0. The van der Waals surface area contributed by atoms with Crippen LogP contribution in [-0.2, 0) is 0 Å².